The minimum Gasteiger partial charge on any atom is -0.210 e. The molecule has 0 bridgehead atoms. The van der Waals surface area contributed by atoms with Crippen molar-refractivity contribution in [2.45, 2.75) is 60.3 Å². The Bertz CT molecular complexity index is 229. The van der Waals surface area contributed by atoms with E-state index in [1.165, 1.54) is 13.8 Å². The Morgan fingerprint density at radius 2 is 1.31 bits per heavy atom. The number of rotatable bonds is 5. The Morgan fingerprint density at radius 3 is 1.56 bits per heavy atom. The van der Waals surface area contributed by atoms with Gasteiger partial charge < -0.3 is 0 Å². The molecule has 0 nitrogen and oxygen atoms in total. The molecule has 0 saturated heterocycles. The van der Waals surface area contributed by atoms with Gasteiger partial charge in [-0.2, -0.15) is 0 Å². The largest absolute Gasteiger partial charge is 0.263 e. The highest BCUT2D eigenvalue weighted by atomic mass is 19.3. The molecule has 0 N–H and O–H groups in total. The second-order valence-electron chi connectivity index (χ2n) is 6.08. The Balaban J connectivity index is 5.17. The highest BCUT2D eigenvalue weighted by molar-refractivity contribution is 4.97. The van der Waals surface area contributed by atoms with E-state index in [2.05, 4.69) is 0 Å². The molecule has 0 aromatic heterocycles. The molecule has 98 valence electrons. The molecular weight excluding hydrogens is 220 g/mol. The molecule has 0 unspecified atom stereocenters. The molecule has 0 atom stereocenters. The van der Waals surface area contributed by atoms with Crippen LogP contribution in [0, 0.1) is 16.7 Å². The molecule has 0 spiro atoms. The maximum Gasteiger partial charge on any atom is 0.263 e. The van der Waals surface area contributed by atoms with Crippen LogP contribution in [0.5, 0.6) is 0 Å². The van der Waals surface area contributed by atoms with Gasteiger partial charge in [-0.1, -0.05) is 27.7 Å². The standard InChI is InChI=1S/C12H22F4/c1-8(2)7-10(3,4)12(15,16)11(5,6)9(13)14/h8-9H,7H2,1-6H3. The fraction of sp³-hybridized carbons (Fsp3) is 1.00. The zero-order valence-corrected chi connectivity index (χ0v) is 10.9. The monoisotopic (exact) mass is 242 g/mol. The van der Waals surface area contributed by atoms with Crippen LogP contribution in [0.15, 0.2) is 0 Å². The van der Waals surface area contributed by atoms with E-state index in [1.54, 1.807) is 0 Å². The lowest BCUT2D eigenvalue weighted by Gasteiger charge is -2.44. The van der Waals surface area contributed by atoms with Crippen LogP contribution >= 0.6 is 0 Å². The summed E-state index contributed by atoms with van der Waals surface area (Å²) in [5, 5.41) is 0. The maximum absolute atomic E-state index is 14.1. The van der Waals surface area contributed by atoms with Crippen molar-refractivity contribution < 1.29 is 17.6 Å². The molecular formula is C12H22F4. The van der Waals surface area contributed by atoms with Crippen molar-refractivity contribution in [3.8, 4) is 0 Å². The van der Waals surface area contributed by atoms with Gasteiger partial charge in [0, 0.05) is 5.41 Å². The van der Waals surface area contributed by atoms with Gasteiger partial charge in [-0.25, -0.2) is 17.6 Å². The lowest BCUT2D eigenvalue weighted by Crippen LogP contribution is -2.52. The van der Waals surface area contributed by atoms with Crippen LogP contribution in [0.4, 0.5) is 17.6 Å². The first-order valence-electron chi connectivity index (χ1n) is 5.52. The Hall–Kier alpha value is -0.280. The molecule has 4 heteroatoms. The zero-order chi connectivity index (χ0) is 13.4. The highest BCUT2D eigenvalue weighted by Crippen LogP contribution is 2.53. The summed E-state index contributed by atoms with van der Waals surface area (Å²) >= 11 is 0. The summed E-state index contributed by atoms with van der Waals surface area (Å²) in [6, 6.07) is 0. The normalized spacial score (nSPS) is 15.0. The minimum atomic E-state index is -3.40. The van der Waals surface area contributed by atoms with Crippen LogP contribution in [0.3, 0.4) is 0 Å². The van der Waals surface area contributed by atoms with Crippen molar-refractivity contribution in [1.29, 1.82) is 0 Å². The second-order valence-corrected chi connectivity index (χ2v) is 6.08. The van der Waals surface area contributed by atoms with Crippen LogP contribution in [0.1, 0.15) is 48.0 Å². The van der Waals surface area contributed by atoms with E-state index < -0.39 is 23.2 Å². The average Bonchev–Trinajstić information content (AvgIpc) is 2.00. The first-order valence-corrected chi connectivity index (χ1v) is 5.52. The molecule has 0 saturated carbocycles. The van der Waals surface area contributed by atoms with Gasteiger partial charge in [-0.3, -0.25) is 0 Å². The van der Waals surface area contributed by atoms with Crippen molar-refractivity contribution in [2.75, 3.05) is 0 Å². The third-order valence-corrected chi connectivity index (χ3v) is 3.12. The first kappa shape index (κ1) is 15.7. The fourth-order valence-electron chi connectivity index (χ4n) is 2.16. The number of halogens is 4. The lowest BCUT2D eigenvalue weighted by molar-refractivity contribution is -0.231. The molecule has 0 heterocycles. The van der Waals surface area contributed by atoms with Crippen molar-refractivity contribution >= 4 is 0 Å². The summed E-state index contributed by atoms with van der Waals surface area (Å²) in [6.07, 6.45) is -2.81. The van der Waals surface area contributed by atoms with E-state index in [-0.39, 0.29) is 12.3 Å². The van der Waals surface area contributed by atoms with E-state index in [0.717, 1.165) is 13.8 Å². The number of alkyl halides is 4. The van der Waals surface area contributed by atoms with Crippen molar-refractivity contribution in [2.24, 2.45) is 16.7 Å². The van der Waals surface area contributed by atoms with Crippen LogP contribution in [0.25, 0.3) is 0 Å². The summed E-state index contributed by atoms with van der Waals surface area (Å²) < 4.78 is 53.6. The van der Waals surface area contributed by atoms with Gasteiger partial charge in [0.15, 0.2) is 0 Å². The van der Waals surface area contributed by atoms with Gasteiger partial charge in [-0.15, -0.1) is 0 Å². The first-order chi connectivity index (χ1) is 6.86. The van der Waals surface area contributed by atoms with E-state index in [0.29, 0.717) is 0 Å². The molecule has 0 rings (SSSR count). The van der Waals surface area contributed by atoms with Crippen molar-refractivity contribution in [3.05, 3.63) is 0 Å². The SMILES string of the molecule is CC(C)CC(C)(C)C(F)(F)C(C)(C)C(F)F. The summed E-state index contributed by atoms with van der Waals surface area (Å²) in [7, 11) is 0. The third kappa shape index (κ3) is 2.69. The Labute approximate surface area is 95.4 Å². The predicted molar refractivity (Wildman–Crippen MR) is 58.0 cm³/mol. The number of hydrogen-bond donors (Lipinski definition) is 0. The quantitative estimate of drug-likeness (QED) is 0.596. The molecule has 0 amide bonds. The van der Waals surface area contributed by atoms with E-state index in [4.69, 9.17) is 0 Å². The molecule has 0 aliphatic heterocycles. The van der Waals surface area contributed by atoms with Crippen LogP contribution in [-0.2, 0) is 0 Å². The molecule has 0 aliphatic rings. The summed E-state index contributed by atoms with van der Waals surface area (Å²) in [6.45, 7) is 8.20. The molecule has 0 aromatic rings. The van der Waals surface area contributed by atoms with Gasteiger partial charge in [0.2, 0.25) is 6.43 Å². The fourth-order valence-corrected chi connectivity index (χ4v) is 2.16. The van der Waals surface area contributed by atoms with Crippen LogP contribution in [0.2, 0.25) is 0 Å². The average molecular weight is 242 g/mol. The summed E-state index contributed by atoms with van der Waals surface area (Å²) in [4.78, 5) is 0. The minimum absolute atomic E-state index is 0.0503. The predicted octanol–water partition coefficient (Wildman–Crippen LogP) is 4.99. The van der Waals surface area contributed by atoms with E-state index >= 15 is 0 Å². The smallest absolute Gasteiger partial charge is 0.210 e. The summed E-state index contributed by atoms with van der Waals surface area (Å²) in [5.74, 6) is -3.35. The van der Waals surface area contributed by atoms with Crippen LogP contribution in [-0.4, -0.2) is 12.3 Å². The molecule has 0 aromatic carbocycles. The van der Waals surface area contributed by atoms with Gasteiger partial charge in [0.25, 0.3) is 5.92 Å². The van der Waals surface area contributed by atoms with Gasteiger partial charge in [0.1, 0.15) is 0 Å². The van der Waals surface area contributed by atoms with Gasteiger partial charge >= 0.3 is 0 Å². The zero-order valence-electron chi connectivity index (χ0n) is 10.9. The third-order valence-electron chi connectivity index (χ3n) is 3.12. The molecule has 0 aliphatic carbocycles. The number of hydrogen-bond acceptors (Lipinski definition) is 0. The lowest BCUT2D eigenvalue weighted by atomic mass is 9.67. The van der Waals surface area contributed by atoms with E-state index in [1.807, 2.05) is 13.8 Å². The topological polar surface area (TPSA) is 0 Å². The van der Waals surface area contributed by atoms with Gasteiger partial charge in [-0.05, 0) is 26.2 Å². The molecule has 0 fully saturated rings. The molecule has 16 heavy (non-hydrogen) atoms. The summed E-state index contributed by atoms with van der Waals surface area (Å²) in [5.41, 5.74) is -3.73. The Kier molecular flexibility index (Phi) is 4.46. The highest BCUT2D eigenvalue weighted by Gasteiger charge is 2.61. The maximum atomic E-state index is 14.1. The van der Waals surface area contributed by atoms with Crippen LogP contribution < -0.4 is 0 Å². The van der Waals surface area contributed by atoms with E-state index in [9.17, 15) is 17.6 Å². The van der Waals surface area contributed by atoms with Crippen molar-refractivity contribution in [3.63, 3.8) is 0 Å². The molecule has 0 radical (unpaired) electrons. The Morgan fingerprint density at radius 1 is 0.938 bits per heavy atom. The van der Waals surface area contributed by atoms with Gasteiger partial charge in [0.05, 0.1) is 5.41 Å². The second kappa shape index (κ2) is 4.53. The van der Waals surface area contributed by atoms with Crippen molar-refractivity contribution in [1.82, 2.24) is 0 Å².